The molecule has 0 saturated heterocycles. The van der Waals surface area contributed by atoms with Gasteiger partial charge in [-0.1, -0.05) is 0 Å². The standard InChI is InChI=1S/C14H19F2N3O2.HI/c1-3-17-14(18-7-6-13(20)21-2)19-9-10-8-11(15)4-5-12(10)16;/h4-5,8H,3,6-7,9H2,1-2H3,(H2,17,18,19);1H. The predicted octanol–water partition coefficient (Wildman–Crippen LogP) is 2.20. The summed E-state index contributed by atoms with van der Waals surface area (Å²) in [5.74, 6) is -0.935. The molecule has 0 bridgehead atoms. The number of methoxy groups -OCH3 is 1. The van der Waals surface area contributed by atoms with Crippen molar-refractivity contribution in [3.05, 3.63) is 35.4 Å². The number of guanidine groups is 1. The second kappa shape index (κ2) is 11.2. The molecular weight excluding hydrogens is 407 g/mol. The molecule has 0 unspecified atom stereocenters. The number of hydrogen-bond acceptors (Lipinski definition) is 3. The smallest absolute Gasteiger partial charge is 0.307 e. The van der Waals surface area contributed by atoms with Crippen LogP contribution in [0, 0.1) is 11.6 Å². The van der Waals surface area contributed by atoms with Gasteiger partial charge in [-0.25, -0.2) is 13.8 Å². The number of carbonyl (C=O) groups excluding carboxylic acids is 1. The maximum Gasteiger partial charge on any atom is 0.307 e. The van der Waals surface area contributed by atoms with Crippen LogP contribution in [-0.4, -0.2) is 32.1 Å². The van der Waals surface area contributed by atoms with Gasteiger partial charge in [-0.05, 0) is 25.1 Å². The number of ether oxygens (including phenoxy) is 1. The summed E-state index contributed by atoms with van der Waals surface area (Å²) >= 11 is 0. The highest BCUT2D eigenvalue weighted by Crippen LogP contribution is 2.10. The molecule has 22 heavy (non-hydrogen) atoms. The van der Waals surface area contributed by atoms with E-state index in [1.807, 2.05) is 6.92 Å². The summed E-state index contributed by atoms with van der Waals surface area (Å²) in [6.45, 7) is 2.82. The van der Waals surface area contributed by atoms with Crippen LogP contribution in [0.4, 0.5) is 8.78 Å². The summed E-state index contributed by atoms with van der Waals surface area (Å²) in [6.07, 6.45) is 0.190. The molecule has 0 aromatic heterocycles. The first-order valence-electron chi connectivity index (χ1n) is 6.59. The lowest BCUT2D eigenvalue weighted by Crippen LogP contribution is -2.38. The first-order valence-corrected chi connectivity index (χ1v) is 6.59. The minimum Gasteiger partial charge on any atom is -0.469 e. The highest BCUT2D eigenvalue weighted by atomic mass is 127. The average molecular weight is 427 g/mol. The number of carbonyl (C=O) groups is 1. The third kappa shape index (κ3) is 7.53. The van der Waals surface area contributed by atoms with Gasteiger partial charge < -0.3 is 15.4 Å². The van der Waals surface area contributed by atoms with Crippen molar-refractivity contribution >= 4 is 35.9 Å². The lowest BCUT2D eigenvalue weighted by molar-refractivity contribution is -0.140. The van der Waals surface area contributed by atoms with E-state index >= 15 is 0 Å². The zero-order valence-electron chi connectivity index (χ0n) is 12.5. The fourth-order valence-corrected chi connectivity index (χ4v) is 1.56. The van der Waals surface area contributed by atoms with Crippen molar-refractivity contribution in [2.45, 2.75) is 19.9 Å². The first-order chi connectivity index (χ1) is 10.1. The Bertz CT molecular complexity index is 513. The minimum atomic E-state index is -0.509. The van der Waals surface area contributed by atoms with Crippen LogP contribution in [0.2, 0.25) is 0 Å². The zero-order chi connectivity index (χ0) is 15.7. The van der Waals surface area contributed by atoms with Gasteiger partial charge in [0.2, 0.25) is 0 Å². The van der Waals surface area contributed by atoms with Crippen molar-refractivity contribution in [3.8, 4) is 0 Å². The number of esters is 1. The molecule has 0 radical (unpaired) electrons. The van der Waals surface area contributed by atoms with E-state index in [1.165, 1.54) is 7.11 Å². The van der Waals surface area contributed by atoms with Gasteiger partial charge in [0.25, 0.3) is 0 Å². The molecule has 1 rings (SSSR count). The molecule has 0 aliphatic rings. The molecule has 0 saturated carbocycles. The van der Waals surface area contributed by atoms with Gasteiger partial charge in [0.05, 0.1) is 20.1 Å². The molecule has 124 valence electrons. The van der Waals surface area contributed by atoms with E-state index in [9.17, 15) is 13.6 Å². The summed E-state index contributed by atoms with van der Waals surface area (Å²) in [5, 5.41) is 5.86. The van der Waals surface area contributed by atoms with Crippen LogP contribution in [0.15, 0.2) is 23.2 Å². The van der Waals surface area contributed by atoms with Gasteiger partial charge in [-0.2, -0.15) is 0 Å². The van der Waals surface area contributed by atoms with Crippen LogP contribution in [0.25, 0.3) is 0 Å². The maximum atomic E-state index is 13.5. The number of rotatable bonds is 6. The third-order valence-corrected chi connectivity index (χ3v) is 2.61. The Balaban J connectivity index is 0.00000441. The highest BCUT2D eigenvalue weighted by Gasteiger charge is 2.05. The third-order valence-electron chi connectivity index (χ3n) is 2.61. The monoisotopic (exact) mass is 427 g/mol. The SMILES string of the molecule is CCNC(=NCc1cc(F)ccc1F)NCCC(=O)OC.I. The zero-order valence-corrected chi connectivity index (χ0v) is 14.8. The fourth-order valence-electron chi connectivity index (χ4n) is 1.56. The van der Waals surface area contributed by atoms with Crippen LogP contribution in [-0.2, 0) is 16.1 Å². The molecule has 0 heterocycles. The highest BCUT2D eigenvalue weighted by molar-refractivity contribution is 14.0. The Morgan fingerprint density at radius 1 is 1.32 bits per heavy atom. The van der Waals surface area contributed by atoms with Crippen molar-refractivity contribution in [2.24, 2.45) is 4.99 Å². The summed E-state index contributed by atoms with van der Waals surface area (Å²) in [7, 11) is 1.31. The van der Waals surface area contributed by atoms with Crippen molar-refractivity contribution in [1.82, 2.24) is 10.6 Å². The molecule has 0 amide bonds. The van der Waals surface area contributed by atoms with Gasteiger partial charge in [-0.3, -0.25) is 4.79 Å². The van der Waals surface area contributed by atoms with E-state index in [2.05, 4.69) is 20.4 Å². The maximum absolute atomic E-state index is 13.5. The van der Waals surface area contributed by atoms with E-state index in [0.29, 0.717) is 19.0 Å². The van der Waals surface area contributed by atoms with Crippen LogP contribution >= 0.6 is 24.0 Å². The van der Waals surface area contributed by atoms with E-state index in [1.54, 1.807) is 0 Å². The van der Waals surface area contributed by atoms with Crippen LogP contribution in [0.1, 0.15) is 18.9 Å². The molecule has 5 nitrogen and oxygen atoms in total. The van der Waals surface area contributed by atoms with Gasteiger partial charge in [0.1, 0.15) is 11.6 Å². The molecule has 0 aliphatic carbocycles. The predicted molar refractivity (Wildman–Crippen MR) is 91.2 cm³/mol. The lowest BCUT2D eigenvalue weighted by atomic mass is 10.2. The largest absolute Gasteiger partial charge is 0.469 e. The average Bonchev–Trinajstić information content (AvgIpc) is 2.47. The van der Waals surface area contributed by atoms with Crippen molar-refractivity contribution < 1.29 is 18.3 Å². The van der Waals surface area contributed by atoms with E-state index in [4.69, 9.17) is 0 Å². The minimum absolute atomic E-state index is 0. The second-order valence-electron chi connectivity index (χ2n) is 4.18. The quantitative estimate of drug-likeness (QED) is 0.316. The first kappa shape index (κ1) is 20.6. The fraction of sp³-hybridized carbons (Fsp3) is 0.429. The Hall–Kier alpha value is -1.45. The van der Waals surface area contributed by atoms with E-state index in [-0.39, 0.29) is 48.5 Å². The molecule has 1 aromatic carbocycles. The van der Waals surface area contributed by atoms with Crippen LogP contribution in [0.5, 0.6) is 0 Å². The number of benzene rings is 1. The van der Waals surface area contributed by atoms with Gasteiger partial charge in [0.15, 0.2) is 5.96 Å². The molecular formula is C14H20F2IN3O2. The molecule has 1 aromatic rings. The Morgan fingerprint density at radius 2 is 2.05 bits per heavy atom. The Kier molecular flexibility index (Phi) is 10.4. The van der Waals surface area contributed by atoms with Crippen LogP contribution in [0.3, 0.4) is 0 Å². The van der Waals surface area contributed by atoms with Crippen molar-refractivity contribution in [1.29, 1.82) is 0 Å². The van der Waals surface area contributed by atoms with Crippen molar-refractivity contribution in [2.75, 3.05) is 20.2 Å². The summed E-state index contributed by atoms with van der Waals surface area (Å²) < 4.78 is 31.0. The van der Waals surface area contributed by atoms with Crippen LogP contribution < -0.4 is 10.6 Å². The molecule has 8 heteroatoms. The van der Waals surface area contributed by atoms with Gasteiger partial charge in [-0.15, -0.1) is 24.0 Å². The number of hydrogen-bond donors (Lipinski definition) is 2. The molecule has 0 atom stereocenters. The Labute approximate surface area is 145 Å². The molecule has 0 fully saturated rings. The molecule has 0 aliphatic heterocycles. The van der Waals surface area contributed by atoms with Crippen molar-refractivity contribution in [3.63, 3.8) is 0 Å². The second-order valence-corrected chi connectivity index (χ2v) is 4.18. The summed E-state index contributed by atoms with van der Waals surface area (Å²) in [5.41, 5.74) is 0.167. The number of aliphatic imine (C=N–C) groups is 1. The van der Waals surface area contributed by atoms with E-state index < -0.39 is 11.6 Å². The summed E-state index contributed by atoms with van der Waals surface area (Å²) in [6, 6.07) is 3.23. The normalized spacial score (nSPS) is 10.6. The van der Waals surface area contributed by atoms with Gasteiger partial charge in [0, 0.05) is 18.7 Å². The topological polar surface area (TPSA) is 62.7 Å². The Morgan fingerprint density at radius 3 is 2.68 bits per heavy atom. The molecule has 2 N–H and O–H groups in total. The summed E-state index contributed by atoms with van der Waals surface area (Å²) in [4.78, 5) is 15.1. The van der Waals surface area contributed by atoms with E-state index in [0.717, 1.165) is 18.2 Å². The number of nitrogens with zero attached hydrogens (tertiary/aromatic N) is 1. The van der Waals surface area contributed by atoms with Gasteiger partial charge >= 0.3 is 5.97 Å². The number of halogens is 3. The number of nitrogens with one attached hydrogen (secondary N) is 2. The molecule has 0 spiro atoms. The lowest BCUT2D eigenvalue weighted by Gasteiger charge is -2.10.